The highest BCUT2D eigenvalue weighted by Crippen LogP contribution is 2.24. The van der Waals surface area contributed by atoms with Crippen molar-refractivity contribution < 1.29 is 18.0 Å². The third-order valence-electron chi connectivity index (χ3n) is 3.01. The zero-order valence-electron chi connectivity index (χ0n) is 12.1. The molecule has 0 radical (unpaired) electrons. The molecule has 0 bridgehead atoms. The smallest absolute Gasteiger partial charge is 0.221 e. The number of anilines is 2. The van der Waals surface area contributed by atoms with E-state index < -0.39 is 23.4 Å². The van der Waals surface area contributed by atoms with Crippen LogP contribution in [0.3, 0.4) is 0 Å². The molecule has 2 aromatic carbocycles. The zero-order valence-corrected chi connectivity index (χ0v) is 12.1. The van der Waals surface area contributed by atoms with E-state index in [4.69, 9.17) is 5.26 Å². The van der Waals surface area contributed by atoms with Gasteiger partial charge < -0.3 is 10.6 Å². The lowest BCUT2D eigenvalue weighted by molar-refractivity contribution is -0.114. The Hall–Kier alpha value is -3.01. The Labute approximate surface area is 130 Å². The number of rotatable bonds is 4. The van der Waals surface area contributed by atoms with E-state index in [2.05, 4.69) is 10.6 Å². The number of hydrogen-bond acceptors (Lipinski definition) is 3. The van der Waals surface area contributed by atoms with Crippen LogP contribution in [0.4, 0.5) is 24.5 Å². The summed E-state index contributed by atoms with van der Waals surface area (Å²) in [6, 6.07) is 7.37. The van der Waals surface area contributed by atoms with Crippen molar-refractivity contribution in [2.45, 2.75) is 13.5 Å². The molecule has 0 saturated carbocycles. The fourth-order valence-corrected chi connectivity index (χ4v) is 1.94. The van der Waals surface area contributed by atoms with E-state index in [-0.39, 0.29) is 29.0 Å². The van der Waals surface area contributed by atoms with E-state index in [1.807, 2.05) is 6.07 Å². The quantitative estimate of drug-likeness (QED) is 0.906. The maximum absolute atomic E-state index is 13.8. The molecule has 23 heavy (non-hydrogen) atoms. The van der Waals surface area contributed by atoms with Gasteiger partial charge in [0, 0.05) is 25.1 Å². The molecule has 1 amide bonds. The topological polar surface area (TPSA) is 64.9 Å². The van der Waals surface area contributed by atoms with Crippen LogP contribution in [0.15, 0.2) is 30.3 Å². The molecule has 0 aromatic heterocycles. The molecule has 0 spiro atoms. The number of nitrogens with zero attached hydrogens (tertiary/aromatic N) is 1. The Morgan fingerprint density at radius 1 is 1.09 bits per heavy atom. The zero-order chi connectivity index (χ0) is 17.0. The number of carbonyl (C=O) groups excluding carboxylic acids is 1. The van der Waals surface area contributed by atoms with Crippen LogP contribution >= 0.6 is 0 Å². The van der Waals surface area contributed by atoms with E-state index in [1.165, 1.54) is 19.1 Å². The molecular weight excluding hydrogens is 307 g/mol. The van der Waals surface area contributed by atoms with E-state index in [9.17, 15) is 18.0 Å². The van der Waals surface area contributed by atoms with Gasteiger partial charge in [-0.05, 0) is 24.3 Å². The van der Waals surface area contributed by atoms with Crippen LogP contribution in [0, 0.1) is 28.8 Å². The number of nitriles is 1. The molecule has 0 aliphatic rings. The van der Waals surface area contributed by atoms with Crippen molar-refractivity contribution in [3.05, 3.63) is 58.9 Å². The van der Waals surface area contributed by atoms with Gasteiger partial charge in [-0.3, -0.25) is 4.79 Å². The van der Waals surface area contributed by atoms with Gasteiger partial charge in [-0.2, -0.15) is 5.26 Å². The standard InChI is InChI=1S/C16H12F3N3O/c1-9(23)22-16-6-15(13(18)5-14(16)19)21-8-11-4-10(7-20)2-3-12(11)17/h2-6,21H,8H2,1H3,(H,22,23). The van der Waals surface area contributed by atoms with Crippen molar-refractivity contribution in [2.75, 3.05) is 10.6 Å². The number of halogens is 3. The predicted octanol–water partition coefficient (Wildman–Crippen LogP) is 3.55. The Kier molecular flexibility index (Phi) is 4.86. The minimum atomic E-state index is -0.916. The van der Waals surface area contributed by atoms with Crippen LogP contribution in [-0.4, -0.2) is 5.91 Å². The third-order valence-corrected chi connectivity index (χ3v) is 3.01. The van der Waals surface area contributed by atoms with Gasteiger partial charge in [-0.15, -0.1) is 0 Å². The molecule has 0 fully saturated rings. The third kappa shape index (κ3) is 4.01. The van der Waals surface area contributed by atoms with Crippen molar-refractivity contribution in [3.8, 4) is 6.07 Å². The molecule has 0 unspecified atom stereocenters. The minimum Gasteiger partial charge on any atom is -0.378 e. The lowest BCUT2D eigenvalue weighted by Gasteiger charge is -2.12. The fourth-order valence-electron chi connectivity index (χ4n) is 1.94. The maximum atomic E-state index is 13.8. The van der Waals surface area contributed by atoms with Gasteiger partial charge in [0.05, 0.1) is 23.0 Å². The summed E-state index contributed by atoms with van der Waals surface area (Å²) in [5, 5.41) is 13.6. The lowest BCUT2D eigenvalue weighted by Crippen LogP contribution is -2.10. The predicted molar refractivity (Wildman–Crippen MR) is 79.1 cm³/mol. The van der Waals surface area contributed by atoms with E-state index >= 15 is 0 Å². The van der Waals surface area contributed by atoms with E-state index in [1.54, 1.807) is 0 Å². The first-order chi connectivity index (χ1) is 10.9. The molecule has 2 rings (SSSR count). The average molecular weight is 319 g/mol. The molecule has 4 nitrogen and oxygen atoms in total. The maximum Gasteiger partial charge on any atom is 0.221 e. The van der Waals surface area contributed by atoms with E-state index in [0.29, 0.717) is 6.07 Å². The monoisotopic (exact) mass is 319 g/mol. The Morgan fingerprint density at radius 3 is 2.43 bits per heavy atom. The summed E-state index contributed by atoms with van der Waals surface area (Å²) in [7, 11) is 0. The molecule has 7 heteroatoms. The molecule has 2 aromatic rings. The molecule has 0 atom stereocenters. The van der Waals surface area contributed by atoms with Gasteiger partial charge in [0.15, 0.2) is 0 Å². The van der Waals surface area contributed by atoms with Crippen LogP contribution in [-0.2, 0) is 11.3 Å². The SMILES string of the molecule is CC(=O)Nc1cc(NCc2cc(C#N)ccc2F)c(F)cc1F. The number of hydrogen-bond donors (Lipinski definition) is 2. The van der Waals surface area contributed by atoms with Crippen LogP contribution in [0.5, 0.6) is 0 Å². The Balaban J connectivity index is 2.24. The summed E-state index contributed by atoms with van der Waals surface area (Å²) in [6.07, 6.45) is 0. The highest BCUT2D eigenvalue weighted by Gasteiger charge is 2.12. The van der Waals surface area contributed by atoms with Crippen molar-refractivity contribution in [1.82, 2.24) is 0 Å². The molecular formula is C16H12F3N3O. The van der Waals surface area contributed by atoms with Crippen LogP contribution in [0.25, 0.3) is 0 Å². The Bertz CT molecular complexity index is 800. The summed E-state index contributed by atoms with van der Waals surface area (Å²) >= 11 is 0. The highest BCUT2D eigenvalue weighted by atomic mass is 19.1. The number of benzene rings is 2. The second kappa shape index (κ2) is 6.83. The molecule has 0 aliphatic carbocycles. The van der Waals surface area contributed by atoms with Crippen molar-refractivity contribution in [3.63, 3.8) is 0 Å². The lowest BCUT2D eigenvalue weighted by atomic mass is 10.1. The summed E-state index contributed by atoms with van der Waals surface area (Å²) in [5.41, 5.74) is 0.139. The largest absolute Gasteiger partial charge is 0.378 e. The molecule has 0 aliphatic heterocycles. The van der Waals surface area contributed by atoms with Crippen LogP contribution in [0.1, 0.15) is 18.1 Å². The van der Waals surface area contributed by atoms with Gasteiger partial charge in [0.1, 0.15) is 17.5 Å². The fraction of sp³-hybridized carbons (Fsp3) is 0.125. The second-order valence-electron chi connectivity index (χ2n) is 4.76. The minimum absolute atomic E-state index is 0.100. The van der Waals surface area contributed by atoms with Crippen LogP contribution < -0.4 is 10.6 Å². The van der Waals surface area contributed by atoms with Gasteiger partial charge in [0.25, 0.3) is 0 Å². The molecule has 2 N–H and O–H groups in total. The first kappa shape index (κ1) is 16.4. The Morgan fingerprint density at radius 2 is 1.78 bits per heavy atom. The van der Waals surface area contributed by atoms with Gasteiger partial charge >= 0.3 is 0 Å². The van der Waals surface area contributed by atoms with Crippen LogP contribution in [0.2, 0.25) is 0 Å². The van der Waals surface area contributed by atoms with Crippen molar-refractivity contribution >= 4 is 17.3 Å². The molecule has 0 heterocycles. The number of nitrogens with one attached hydrogen (secondary N) is 2. The van der Waals surface area contributed by atoms with Gasteiger partial charge in [-0.25, -0.2) is 13.2 Å². The van der Waals surface area contributed by atoms with Gasteiger partial charge in [-0.1, -0.05) is 0 Å². The van der Waals surface area contributed by atoms with Crippen molar-refractivity contribution in [2.24, 2.45) is 0 Å². The van der Waals surface area contributed by atoms with Gasteiger partial charge in [0.2, 0.25) is 5.91 Å². The summed E-state index contributed by atoms with van der Waals surface area (Å²) in [6.45, 7) is 1.09. The highest BCUT2D eigenvalue weighted by molar-refractivity contribution is 5.89. The molecule has 118 valence electrons. The summed E-state index contributed by atoms with van der Waals surface area (Å²) in [4.78, 5) is 11.0. The number of carbonyl (C=O) groups is 1. The number of amides is 1. The molecule has 0 saturated heterocycles. The first-order valence-corrected chi connectivity index (χ1v) is 6.59. The summed E-state index contributed by atoms with van der Waals surface area (Å²) in [5.74, 6) is -2.86. The first-order valence-electron chi connectivity index (χ1n) is 6.59. The summed E-state index contributed by atoms with van der Waals surface area (Å²) < 4.78 is 41.0. The van der Waals surface area contributed by atoms with E-state index in [0.717, 1.165) is 12.1 Å². The van der Waals surface area contributed by atoms with Crippen molar-refractivity contribution in [1.29, 1.82) is 5.26 Å². The normalized spacial score (nSPS) is 10.0. The average Bonchev–Trinajstić information content (AvgIpc) is 2.50. The second-order valence-corrected chi connectivity index (χ2v) is 4.76.